The molecule has 0 N–H and O–H groups in total. The van der Waals surface area contributed by atoms with Gasteiger partial charge in [0, 0.05) is 17.5 Å². The van der Waals surface area contributed by atoms with Crippen LogP contribution >= 0.6 is 12.2 Å². The van der Waals surface area contributed by atoms with Gasteiger partial charge in [-0.3, -0.25) is 0 Å². The molecule has 3 nitrogen and oxygen atoms in total. The molecule has 0 saturated heterocycles. The molecule has 0 aromatic carbocycles. The summed E-state index contributed by atoms with van der Waals surface area (Å²) >= 11 is 5.30. The molecule has 2 aromatic rings. The highest BCUT2D eigenvalue weighted by atomic mass is 32.1. The van der Waals surface area contributed by atoms with Crippen LogP contribution in [0.3, 0.4) is 0 Å². The highest BCUT2D eigenvalue weighted by Gasteiger charge is 2.13. The molecule has 0 bridgehead atoms. The third-order valence-electron chi connectivity index (χ3n) is 2.63. The molecule has 0 amide bonds. The van der Waals surface area contributed by atoms with E-state index < -0.39 is 0 Å². The second kappa shape index (κ2) is 4.01. The lowest BCUT2D eigenvalue weighted by Crippen LogP contribution is -1.95. The van der Waals surface area contributed by atoms with Gasteiger partial charge >= 0.3 is 0 Å². The standard InChI is InChI=1S/C12H16N2OS/c1-7(2)9-6-13-14-11(16)5-10(8(3)4)15-12(9)14/h5-8H,1-4H3. The quantitative estimate of drug-likeness (QED) is 0.741. The summed E-state index contributed by atoms with van der Waals surface area (Å²) in [5, 5.41) is 4.26. The van der Waals surface area contributed by atoms with Crippen molar-refractivity contribution < 1.29 is 4.42 Å². The van der Waals surface area contributed by atoms with Crippen LogP contribution in [0, 0.1) is 4.64 Å². The van der Waals surface area contributed by atoms with Gasteiger partial charge in [0.05, 0.1) is 6.20 Å². The van der Waals surface area contributed by atoms with Crippen molar-refractivity contribution in [3.8, 4) is 0 Å². The van der Waals surface area contributed by atoms with E-state index in [-0.39, 0.29) is 0 Å². The molecule has 2 heterocycles. The fraction of sp³-hybridized carbons (Fsp3) is 0.500. The van der Waals surface area contributed by atoms with Crippen molar-refractivity contribution in [1.82, 2.24) is 9.61 Å². The van der Waals surface area contributed by atoms with E-state index >= 15 is 0 Å². The van der Waals surface area contributed by atoms with Crippen LogP contribution in [0.15, 0.2) is 16.7 Å². The van der Waals surface area contributed by atoms with E-state index in [0.29, 0.717) is 16.5 Å². The molecule has 0 radical (unpaired) electrons. The summed E-state index contributed by atoms with van der Waals surface area (Å²) in [5.74, 6) is 1.64. The molecule has 0 saturated carbocycles. The van der Waals surface area contributed by atoms with Crippen molar-refractivity contribution in [3.63, 3.8) is 0 Å². The minimum absolute atomic E-state index is 0.335. The Kier molecular flexibility index (Phi) is 2.84. The van der Waals surface area contributed by atoms with Crippen molar-refractivity contribution in [1.29, 1.82) is 0 Å². The van der Waals surface area contributed by atoms with Crippen molar-refractivity contribution in [2.45, 2.75) is 39.5 Å². The first-order chi connectivity index (χ1) is 7.50. The lowest BCUT2D eigenvalue weighted by molar-refractivity contribution is 0.481. The number of nitrogens with zero attached hydrogens (tertiary/aromatic N) is 2. The Morgan fingerprint density at radius 1 is 1.25 bits per heavy atom. The van der Waals surface area contributed by atoms with E-state index in [2.05, 4.69) is 32.8 Å². The molecular weight excluding hydrogens is 220 g/mol. The monoisotopic (exact) mass is 236 g/mol. The average molecular weight is 236 g/mol. The van der Waals surface area contributed by atoms with Crippen LogP contribution in [0.2, 0.25) is 0 Å². The average Bonchev–Trinajstić information content (AvgIpc) is 2.61. The van der Waals surface area contributed by atoms with E-state index in [1.165, 1.54) is 0 Å². The molecule has 0 spiro atoms. The van der Waals surface area contributed by atoms with Gasteiger partial charge in [-0.1, -0.05) is 39.9 Å². The molecule has 0 atom stereocenters. The maximum Gasteiger partial charge on any atom is 0.226 e. The summed E-state index contributed by atoms with van der Waals surface area (Å²) in [6.45, 7) is 8.43. The summed E-state index contributed by atoms with van der Waals surface area (Å²) in [4.78, 5) is 0. The summed E-state index contributed by atoms with van der Waals surface area (Å²) in [7, 11) is 0. The van der Waals surface area contributed by atoms with Gasteiger partial charge in [0.1, 0.15) is 10.4 Å². The topological polar surface area (TPSA) is 30.4 Å². The van der Waals surface area contributed by atoms with E-state index in [1.807, 2.05) is 12.3 Å². The zero-order valence-electron chi connectivity index (χ0n) is 10.0. The Bertz CT molecular complexity index is 566. The number of rotatable bonds is 2. The van der Waals surface area contributed by atoms with Crippen molar-refractivity contribution in [3.05, 3.63) is 28.2 Å². The third-order valence-corrected chi connectivity index (χ3v) is 2.92. The molecule has 16 heavy (non-hydrogen) atoms. The highest BCUT2D eigenvalue weighted by molar-refractivity contribution is 7.71. The van der Waals surface area contributed by atoms with Crippen molar-refractivity contribution in [2.24, 2.45) is 0 Å². The van der Waals surface area contributed by atoms with Gasteiger partial charge in [-0.15, -0.1) is 0 Å². The minimum atomic E-state index is 0.335. The molecule has 4 heteroatoms. The molecule has 2 aromatic heterocycles. The lowest BCUT2D eigenvalue weighted by atomic mass is 10.1. The van der Waals surface area contributed by atoms with Gasteiger partial charge in [-0.25, -0.2) is 0 Å². The molecular formula is C12H16N2OS. The van der Waals surface area contributed by atoms with Crippen LogP contribution < -0.4 is 0 Å². The zero-order chi connectivity index (χ0) is 11.9. The van der Waals surface area contributed by atoms with Gasteiger partial charge in [0.2, 0.25) is 5.71 Å². The maximum atomic E-state index is 5.87. The van der Waals surface area contributed by atoms with Crippen LogP contribution in [0.5, 0.6) is 0 Å². The fourth-order valence-electron chi connectivity index (χ4n) is 1.61. The first-order valence-corrected chi connectivity index (χ1v) is 5.93. The summed E-state index contributed by atoms with van der Waals surface area (Å²) in [6, 6.07) is 1.88. The molecule has 0 aliphatic heterocycles. The van der Waals surface area contributed by atoms with E-state index in [4.69, 9.17) is 16.6 Å². The Labute approximate surface area is 100 Å². The maximum absolute atomic E-state index is 5.87. The summed E-state index contributed by atoms with van der Waals surface area (Å²) in [5.41, 5.74) is 1.89. The fourth-order valence-corrected chi connectivity index (χ4v) is 1.86. The molecule has 0 unspecified atom stereocenters. The van der Waals surface area contributed by atoms with Gasteiger partial charge < -0.3 is 4.42 Å². The molecule has 0 aliphatic carbocycles. The Morgan fingerprint density at radius 2 is 1.94 bits per heavy atom. The van der Waals surface area contributed by atoms with Crippen molar-refractivity contribution >= 4 is 17.9 Å². The Morgan fingerprint density at radius 3 is 2.50 bits per heavy atom. The van der Waals surface area contributed by atoms with E-state index in [9.17, 15) is 0 Å². The van der Waals surface area contributed by atoms with Gasteiger partial charge in [-0.2, -0.15) is 9.61 Å². The number of aromatic nitrogens is 2. The number of hydrogen-bond acceptors (Lipinski definition) is 3. The Balaban J connectivity index is 2.76. The molecule has 2 rings (SSSR count). The Hall–Kier alpha value is -1.16. The molecule has 0 aliphatic rings. The summed E-state index contributed by atoms with van der Waals surface area (Å²) < 4.78 is 8.27. The van der Waals surface area contributed by atoms with Crippen LogP contribution in [-0.2, 0) is 0 Å². The van der Waals surface area contributed by atoms with E-state index in [1.54, 1.807) is 4.52 Å². The van der Waals surface area contributed by atoms with Crippen LogP contribution in [0.1, 0.15) is 50.9 Å². The van der Waals surface area contributed by atoms with Crippen molar-refractivity contribution in [2.75, 3.05) is 0 Å². The SMILES string of the molecule is CC(C)c1cc(=S)n2ncc(C(C)C)c2o1. The highest BCUT2D eigenvalue weighted by Crippen LogP contribution is 2.24. The van der Waals surface area contributed by atoms with Gasteiger partial charge in [0.15, 0.2) is 0 Å². The first kappa shape index (κ1) is 11.3. The lowest BCUT2D eigenvalue weighted by Gasteiger charge is -2.06. The third kappa shape index (κ3) is 1.78. The normalized spacial score (nSPS) is 11.9. The largest absolute Gasteiger partial charge is 0.443 e. The van der Waals surface area contributed by atoms with Gasteiger partial charge in [0.25, 0.3) is 0 Å². The molecule has 86 valence electrons. The first-order valence-electron chi connectivity index (χ1n) is 5.52. The minimum Gasteiger partial charge on any atom is -0.443 e. The number of fused-ring (bicyclic) bond motifs is 1. The van der Waals surface area contributed by atoms with Gasteiger partial charge in [-0.05, 0) is 5.92 Å². The second-order valence-electron chi connectivity index (χ2n) is 4.61. The molecule has 0 fully saturated rings. The second-order valence-corrected chi connectivity index (χ2v) is 5.03. The van der Waals surface area contributed by atoms with E-state index in [0.717, 1.165) is 17.0 Å². The predicted octanol–water partition coefficient (Wildman–Crippen LogP) is 3.90. The number of hydrogen-bond donors (Lipinski definition) is 0. The smallest absolute Gasteiger partial charge is 0.226 e. The summed E-state index contributed by atoms with van der Waals surface area (Å²) in [6.07, 6.45) is 1.84. The zero-order valence-corrected chi connectivity index (χ0v) is 10.8. The van der Waals surface area contributed by atoms with Crippen LogP contribution in [0.4, 0.5) is 0 Å². The van der Waals surface area contributed by atoms with Crippen LogP contribution in [0.25, 0.3) is 5.71 Å². The predicted molar refractivity (Wildman–Crippen MR) is 66.5 cm³/mol. The van der Waals surface area contributed by atoms with Crippen LogP contribution in [-0.4, -0.2) is 9.61 Å².